The summed E-state index contributed by atoms with van der Waals surface area (Å²) in [6.45, 7) is 1.92. The number of fused-ring (bicyclic) bond motifs is 1. The molecule has 0 fully saturated rings. The monoisotopic (exact) mass is 455 g/mol. The first kappa shape index (κ1) is 21.0. The highest BCUT2D eigenvalue weighted by Gasteiger charge is 2.23. The van der Waals surface area contributed by atoms with E-state index < -0.39 is 0 Å². The molecule has 4 heterocycles. The summed E-state index contributed by atoms with van der Waals surface area (Å²) in [5.74, 6) is 0.137. The molecule has 0 aliphatic carbocycles. The Morgan fingerprint density at radius 3 is 2.79 bits per heavy atom. The Labute approximate surface area is 193 Å². The van der Waals surface area contributed by atoms with Crippen LogP contribution in [0, 0.1) is 17.1 Å². The van der Waals surface area contributed by atoms with E-state index >= 15 is 0 Å². The second-order valence-electron chi connectivity index (χ2n) is 7.49. The minimum absolute atomic E-state index is 0.173. The molecule has 0 aliphatic heterocycles. The van der Waals surface area contributed by atoms with Gasteiger partial charge in [0.25, 0.3) is 0 Å². The lowest BCUT2D eigenvalue weighted by Crippen LogP contribution is -2.09. The van der Waals surface area contributed by atoms with Crippen molar-refractivity contribution in [3.63, 3.8) is 0 Å². The highest BCUT2D eigenvalue weighted by Crippen LogP contribution is 2.34. The molecule has 10 nitrogen and oxygen atoms in total. The van der Waals surface area contributed by atoms with Crippen molar-refractivity contribution in [1.29, 1.82) is 5.26 Å². The van der Waals surface area contributed by atoms with Crippen LogP contribution in [0.1, 0.15) is 24.2 Å². The van der Waals surface area contributed by atoms with Crippen molar-refractivity contribution in [2.24, 2.45) is 0 Å². The zero-order valence-electron chi connectivity index (χ0n) is 18.2. The number of methoxy groups -OCH3 is 1. The number of ether oxygens (including phenoxy) is 1. The number of hydrogen-bond acceptors (Lipinski definition) is 8. The van der Waals surface area contributed by atoms with E-state index in [1.54, 1.807) is 47.4 Å². The molecule has 0 aliphatic rings. The number of nitrogens with zero attached hydrogens (tertiary/aromatic N) is 8. The average molecular weight is 455 g/mol. The first-order valence-electron chi connectivity index (χ1n) is 10.2. The molecule has 0 radical (unpaired) electrons. The summed E-state index contributed by atoms with van der Waals surface area (Å²) < 4.78 is 22.6. The number of hydrogen-bond donors (Lipinski definition) is 1. The molecule has 0 saturated heterocycles. The van der Waals surface area contributed by atoms with Gasteiger partial charge < -0.3 is 10.5 Å². The van der Waals surface area contributed by atoms with Gasteiger partial charge in [0.15, 0.2) is 5.65 Å². The van der Waals surface area contributed by atoms with Crippen LogP contribution < -0.4 is 10.5 Å². The fourth-order valence-electron chi connectivity index (χ4n) is 3.73. The van der Waals surface area contributed by atoms with E-state index in [1.807, 2.05) is 13.0 Å². The number of para-hydroxylation sites is 1. The fourth-order valence-corrected chi connectivity index (χ4v) is 3.73. The van der Waals surface area contributed by atoms with E-state index in [2.05, 4.69) is 20.1 Å². The van der Waals surface area contributed by atoms with Gasteiger partial charge in [0.05, 0.1) is 24.7 Å². The van der Waals surface area contributed by atoms with E-state index in [-0.39, 0.29) is 29.3 Å². The minimum atomic E-state index is -0.378. The van der Waals surface area contributed by atoms with Gasteiger partial charge in [-0.1, -0.05) is 12.1 Å². The summed E-state index contributed by atoms with van der Waals surface area (Å²) >= 11 is 0. The van der Waals surface area contributed by atoms with Gasteiger partial charge in [-0.2, -0.15) is 15.5 Å². The first-order chi connectivity index (χ1) is 16.5. The third-order valence-electron chi connectivity index (χ3n) is 5.47. The van der Waals surface area contributed by atoms with Crippen LogP contribution >= 0.6 is 0 Å². The van der Waals surface area contributed by atoms with Crippen molar-refractivity contribution in [2.45, 2.75) is 13.0 Å². The Hall–Kier alpha value is -4.85. The number of nitrogen functional groups attached to an aromatic ring is 1. The number of halogens is 1. The van der Waals surface area contributed by atoms with Crippen LogP contribution in [-0.4, -0.2) is 41.6 Å². The number of nitriles is 1. The molecular formula is C23H18FN9O. The lowest BCUT2D eigenvalue weighted by Gasteiger charge is -2.11. The van der Waals surface area contributed by atoms with Gasteiger partial charge in [0.1, 0.15) is 41.1 Å². The molecule has 11 heteroatoms. The third kappa shape index (κ3) is 3.47. The summed E-state index contributed by atoms with van der Waals surface area (Å²) in [6, 6.07) is 11.4. The quantitative estimate of drug-likeness (QED) is 0.427. The summed E-state index contributed by atoms with van der Waals surface area (Å²) in [4.78, 5) is 12.6. The minimum Gasteiger partial charge on any atom is -0.481 e. The molecule has 1 aromatic carbocycles. The van der Waals surface area contributed by atoms with Crippen LogP contribution in [0.25, 0.3) is 28.0 Å². The Kier molecular flexibility index (Phi) is 5.10. The maximum Gasteiger partial charge on any atom is 0.214 e. The van der Waals surface area contributed by atoms with E-state index in [9.17, 15) is 9.65 Å². The van der Waals surface area contributed by atoms with E-state index in [0.29, 0.717) is 28.0 Å². The van der Waals surface area contributed by atoms with Crippen molar-refractivity contribution >= 4 is 16.9 Å². The van der Waals surface area contributed by atoms with E-state index in [1.165, 1.54) is 24.2 Å². The topological polar surface area (TPSA) is 133 Å². The third-order valence-corrected chi connectivity index (χ3v) is 5.47. The van der Waals surface area contributed by atoms with Crippen LogP contribution in [0.2, 0.25) is 0 Å². The molecule has 1 atom stereocenters. The van der Waals surface area contributed by atoms with Gasteiger partial charge in [-0.05, 0) is 25.1 Å². The summed E-state index contributed by atoms with van der Waals surface area (Å²) in [5.41, 5.74) is 9.07. The number of anilines is 1. The predicted molar refractivity (Wildman–Crippen MR) is 122 cm³/mol. The Balaban J connectivity index is 1.65. The van der Waals surface area contributed by atoms with Gasteiger partial charge in [0.2, 0.25) is 5.88 Å². The van der Waals surface area contributed by atoms with Gasteiger partial charge in [-0.3, -0.25) is 0 Å². The van der Waals surface area contributed by atoms with Crippen LogP contribution in [0.4, 0.5) is 10.2 Å². The van der Waals surface area contributed by atoms with Gasteiger partial charge >= 0.3 is 0 Å². The van der Waals surface area contributed by atoms with Crippen LogP contribution in [0.3, 0.4) is 0 Å². The fraction of sp³-hybridized carbons (Fsp3) is 0.130. The lowest BCUT2D eigenvalue weighted by molar-refractivity contribution is 0.397. The van der Waals surface area contributed by atoms with Crippen molar-refractivity contribution in [1.82, 2.24) is 34.5 Å². The van der Waals surface area contributed by atoms with Gasteiger partial charge in [0, 0.05) is 23.4 Å². The molecule has 2 N–H and O–H groups in total. The van der Waals surface area contributed by atoms with Crippen LogP contribution in [-0.2, 0) is 0 Å². The largest absolute Gasteiger partial charge is 0.481 e. The lowest BCUT2D eigenvalue weighted by atomic mass is 10.1. The number of aromatic nitrogens is 7. The maximum absolute atomic E-state index is 14.2. The van der Waals surface area contributed by atoms with Crippen molar-refractivity contribution in [2.75, 3.05) is 12.8 Å². The van der Waals surface area contributed by atoms with Crippen molar-refractivity contribution < 1.29 is 9.13 Å². The summed E-state index contributed by atoms with van der Waals surface area (Å²) in [6.07, 6.45) is 4.76. The maximum atomic E-state index is 14.2. The number of benzene rings is 1. The molecule has 1 unspecified atom stereocenters. The SMILES string of the molecule is COc1cc(-c2nn(C(C)c3cnn(-c4ccccc4F)c3)c3ncnc(N)c23)cc(C#N)n1. The zero-order chi connectivity index (χ0) is 23.8. The Morgan fingerprint density at radius 1 is 1.21 bits per heavy atom. The van der Waals surface area contributed by atoms with Gasteiger partial charge in [-0.25, -0.2) is 28.7 Å². The summed E-state index contributed by atoms with van der Waals surface area (Å²) in [5, 5.41) is 19.0. The van der Waals surface area contributed by atoms with Crippen LogP contribution in [0.15, 0.2) is 55.1 Å². The van der Waals surface area contributed by atoms with Crippen molar-refractivity contribution in [3.8, 4) is 28.9 Å². The normalized spacial score (nSPS) is 11.9. The second-order valence-corrected chi connectivity index (χ2v) is 7.49. The molecule has 0 amide bonds. The average Bonchev–Trinajstić information content (AvgIpc) is 3.50. The van der Waals surface area contributed by atoms with Gasteiger partial charge in [-0.15, -0.1) is 0 Å². The number of rotatable bonds is 5. The van der Waals surface area contributed by atoms with Crippen molar-refractivity contribution in [3.05, 3.63) is 72.2 Å². The molecular weight excluding hydrogens is 437 g/mol. The van der Waals surface area contributed by atoms with E-state index in [4.69, 9.17) is 15.6 Å². The zero-order valence-corrected chi connectivity index (χ0v) is 18.2. The second kappa shape index (κ2) is 8.25. The highest BCUT2D eigenvalue weighted by molar-refractivity contribution is 5.98. The molecule has 4 aromatic heterocycles. The van der Waals surface area contributed by atoms with E-state index in [0.717, 1.165) is 5.56 Å². The molecule has 5 aromatic rings. The number of nitrogens with two attached hydrogens (primary N) is 1. The standard InChI is InChI=1S/C23H18FN9O/c1-13(15-10-29-32(11-15)18-6-4-3-5-17(18)24)33-23-20(22(26)27-12-28-23)21(31-33)14-7-16(9-25)30-19(8-14)34-2/h3-8,10-13H,1-2H3,(H2,26,27,28). The number of pyridine rings is 1. The van der Waals surface area contributed by atoms with Crippen LogP contribution in [0.5, 0.6) is 5.88 Å². The molecule has 0 spiro atoms. The Morgan fingerprint density at radius 2 is 2.03 bits per heavy atom. The first-order valence-corrected chi connectivity index (χ1v) is 10.2. The molecule has 168 valence electrons. The predicted octanol–water partition coefficient (Wildman–Crippen LogP) is 3.28. The summed E-state index contributed by atoms with van der Waals surface area (Å²) in [7, 11) is 1.47. The molecule has 0 saturated carbocycles. The molecule has 0 bridgehead atoms. The molecule has 34 heavy (non-hydrogen) atoms. The highest BCUT2D eigenvalue weighted by atomic mass is 19.1. The molecule has 5 rings (SSSR count). The Bertz CT molecular complexity index is 1570. The smallest absolute Gasteiger partial charge is 0.214 e.